The van der Waals surface area contributed by atoms with Crippen molar-refractivity contribution >= 4 is 27.3 Å². The van der Waals surface area contributed by atoms with Crippen LogP contribution in [0.5, 0.6) is 0 Å². The summed E-state index contributed by atoms with van der Waals surface area (Å²) >= 11 is 0. The van der Waals surface area contributed by atoms with Gasteiger partial charge in [-0.05, 0) is 68.1 Å². The number of aryl methyl sites for hydroxylation is 2. The van der Waals surface area contributed by atoms with Gasteiger partial charge in [-0.15, -0.1) is 0 Å². The predicted octanol–water partition coefficient (Wildman–Crippen LogP) is 2.42. The van der Waals surface area contributed by atoms with Crippen molar-refractivity contribution in [3.05, 3.63) is 53.1 Å². The van der Waals surface area contributed by atoms with Crippen molar-refractivity contribution < 1.29 is 17.9 Å². The predicted molar refractivity (Wildman–Crippen MR) is 130 cm³/mol. The molecule has 1 amide bonds. The molecule has 2 heterocycles. The average Bonchev–Trinajstić information content (AvgIpc) is 3.33. The first-order valence-corrected chi connectivity index (χ1v) is 12.9. The van der Waals surface area contributed by atoms with E-state index in [9.17, 15) is 13.2 Å². The molecule has 2 saturated heterocycles. The van der Waals surface area contributed by atoms with E-state index in [1.54, 1.807) is 30.3 Å². The van der Waals surface area contributed by atoms with Gasteiger partial charge in [-0.2, -0.15) is 0 Å². The number of hydrogen-bond donors (Lipinski definition) is 3. The first kappa shape index (κ1) is 23.5. The standard InChI is InChI=1S/C24H32N4O4S/c1-17-5-7-21(14-18(17)2)33(30,31)27-22-15-19(24(29)26-16-20-4-3-13-32-20)6-8-23(22)28-11-9-25-10-12-28/h5-8,14-15,20,25,27H,3-4,9-13,16H2,1-2H3,(H,26,29)/t20-/m0/s1. The fourth-order valence-electron chi connectivity index (χ4n) is 4.14. The van der Waals surface area contributed by atoms with E-state index >= 15 is 0 Å². The van der Waals surface area contributed by atoms with Gasteiger partial charge in [0.05, 0.1) is 22.4 Å². The molecule has 0 unspecified atom stereocenters. The number of carbonyl (C=O) groups excluding carboxylic acids is 1. The molecule has 4 rings (SSSR count). The number of ether oxygens (including phenoxy) is 1. The Morgan fingerprint density at radius 1 is 1.12 bits per heavy atom. The third kappa shape index (κ3) is 5.66. The fourth-order valence-corrected chi connectivity index (χ4v) is 5.29. The minimum Gasteiger partial charge on any atom is -0.376 e. The van der Waals surface area contributed by atoms with E-state index in [0.717, 1.165) is 62.4 Å². The van der Waals surface area contributed by atoms with Crippen molar-refractivity contribution in [2.45, 2.75) is 37.7 Å². The molecule has 0 spiro atoms. The summed E-state index contributed by atoms with van der Waals surface area (Å²) < 4.78 is 34.8. The lowest BCUT2D eigenvalue weighted by Crippen LogP contribution is -2.43. The summed E-state index contributed by atoms with van der Waals surface area (Å²) in [7, 11) is -3.83. The maximum Gasteiger partial charge on any atom is 0.261 e. The number of anilines is 2. The smallest absolute Gasteiger partial charge is 0.261 e. The number of nitrogens with zero attached hydrogens (tertiary/aromatic N) is 1. The second-order valence-electron chi connectivity index (χ2n) is 8.67. The highest BCUT2D eigenvalue weighted by molar-refractivity contribution is 7.92. The largest absolute Gasteiger partial charge is 0.376 e. The molecule has 2 aliphatic rings. The molecular formula is C24H32N4O4S. The quantitative estimate of drug-likeness (QED) is 0.572. The molecule has 0 bridgehead atoms. The third-order valence-corrected chi connectivity index (χ3v) is 7.63. The number of rotatable bonds is 7. The van der Waals surface area contributed by atoms with Gasteiger partial charge in [0.2, 0.25) is 0 Å². The molecule has 0 aromatic heterocycles. The van der Waals surface area contributed by atoms with E-state index in [1.165, 1.54) is 0 Å². The van der Waals surface area contributed by atoms with Crippen LogP contribution in [0.4, 0.5) is 11.4 Å². The van der Waals surface area contributed by atoms with E-state index in [1.807, 2.05) is 19.9 Å². The Morgan fingerprint density at radius 3 is 2.61 bits per heavy atom. The van der Waals surface area contributed by atoms with Gasteiger partial charge in [-0.3, -0.25) is 9.52 Å². The van der Waals surface area contributed by atoms with E-state index in [-0.39, 0.29) is 16.9 Å². The summed E-state index contributed by atoms with van der Waals surface area (Å²) in [6.07, 6.45) is 1.98. The molecule has 2 aliphatic heterocycles. The highest BCUT2D eigenvalue weighted by Gasteiger charge is 2.22. The molecule has 9 heteroatoms. The van der Waals surface area contributed by atoms with Gasteiger partial charge < -0.3 is 20.3 Å². The monoisotopic (exact) mass is 472 g/mol. The van der Waals surface area contributed by atoms with Crippen LogP contribution in [-0.4, -0.2) is 59.8 Å². The van der Waals surface area contributed by atoms with Crippen molar-refractivity contribution in [1.29, 1.82) is 0 Å². The zero-order valence-corrected chi connectivity index (χ0v) is 20.0. The Morgan fingerprint density at radius 2 is 1.91 bits per heavy atom. The third-order valence-electron chi connectivity index (χ3n) is 6.26. The van der Waals surface area contributed by atoms with Gasteiger partial charge in [0.15, 0.2) is 0 Å². The van der Waals surface area contributed by atoms with Crippen LogP contribution in [0.15, 0.2) is 41.3 Å². The number of benzene rings is 2. The molecule has 2 aromatic carbocycles. The average molecular weight is 473 g/mol. The minimum atomic E-state index is -3.83. The Balaban J connectivity index is 1.61. The molecule has 0 aliphatic carbocycles. The molecule has 3 N–H and O–H groups in total. The zero-order valence-electron chi connectivity index (χ0n) is 19.2. The van der Waals surface area contributed by atoms with Gasteiger partial charge in [0, 0.05) is 44.9 Å². The lowest BCUT2D eigenvalue weighted by Gasteiger charge is -2.31. The van der Waals surface area contributed by atoms with Gasteiger partial charge in [0.25, 0.3) is 15.9 Å². The van der Waals surface area contributed by atoms with Crippen LogP contribution >= 0.6 is 0 Å². The van der Waals surface area contributed by atoms with Crippen LogP contribution in [0, 0.1) is 13.8 Å². The van der Waals surface area contributed by atoms with Crippen molar-refractivity contribution in [2.75, 3.05) is 49.0 Å². The number of amides is 1. The lowest BCUT2D eigenvalue weighted by atomic mass is 10.1. The summed E-state index contributed by atoms with van der Waals surface area (Å²) in [5.74, 6) is -0.246. The van der Waals surface area contributed by atoms with Crippen LogP contribution in [0.25, 0.3) is 0 Å². The number of hydrogen-bond acceptors (Lipinski definition) is 6. The van der Waals surface area contributed by atoms with Crippen molar-refractivity contribution in [3.63, 3.8) is 0 Å². The molecular weight excluding hydrogens is 440 g/mol. The Labute approximate surface area is 195 Å². The second-order valence-corrected chi connectivity index (χ2v) is 10.3. The molecule has 0 saturated carbocycles. The number of sulfonamides is 1. The molecule has 33 heavy (non-hydrogen) atoms. The summed E-state index contributed by atoms with van der Waals surface area (Å²) in [5, 5.41) is 6.22. The number of nitrogens with one attached hydrogen (secondary N) is 3. The zero-order chi connectivity index (χ0) is 23.4. The number of piperazine rings is 1. The summed E-state index contributed by atoms with van der Waals surface area (Å²) in [6, 6.07) is 10.3. The fraction of sp³-hybridized carbons (Fsp3) is 0.458. The molecule has 1 atom stereocenters. The maximum atomic E-state index is 13.2. The van der Waals surface area contributed by atoms with Crippen molar-refractivity contribution in [3.8, 4) is 0 Å². The molecule has 2 fully saturated rings. The van der Waals surface area contributed by atoms with Gasteiger partial charge in [0.1, 0.15) is 0 Å². The van der Waals surface area contributed by atoms with Crippen LogP contribution in [0.1, 0.15) is 34.3 Å². The van der Waals surface area contributed by atoms with Crippen molar-refractivity contribution in [1.82, 2.24) is 10.6 Å². The first-order chi connectivity index (χ1) is 15.8. The maximum absolute atomic E-state index is 13.2. The Kier molecular flexibility index (Phi) is 7.21. The van der Waals surface area contributed by atoms with Gasteiger partial charge in [-0.1, -0.05) is 6.07 Å². The normalized spacial score (nSPS) is 18.8. The lowest BCUT2D eigenvalue weighted by molar-refractivity contribution is 0.0858. The topological polar surface area (TPSA) is 99.8 Å². The van der Waals surface area contributed by atoms with Crippen LogP contribution in [0.3, 0.4) is 0 Å². The molecule has 0 radical (unpaired) electrons. The highest BCUT2D eigenvalue weighted by atomic mass is 32.2. The second kappa shape index (κ2) is 10.1. The number of carbonyl (C=O) groups is 1. The van der Waals surface area contributed by atoms with Crippen molar-refractivity contribution in [2.24, 2.45) is 0 Å². The van der Waals surface area contributed by atoms with E-state index in [2.05, 4.69) is 20.3 Å². The van der Waals surface area contributed by atoms with E-state index < -0.39 is 10.0 Å². The summed E-state index contributed by atoms with van der Waals surface area (Å²) in [6.45, 7) is 8.14. The molecule has 178 valence electrons. The SMILES string of the molecule is Cc1ccc(S(=O)(=O)Nc2cc(C(=O)NC[C@@H]3CCCO3)ccc2N2CCNCC2)cc1C. The van der Waals surface area contributed by atoms with E-state index in [4.69, 9.17) is 4.74 Å². The Hall–Kier alpha value is -2.62. The first-order valence-electron chi connectivity index (χ1n) is 11.4. The van der Waals surface area contributed by atoms with Gasteiger partial charge in [-0.25, -0.2) is 8.42 Å². The summed E-state index contributed by atoms with van der Waals surface area (Å²) in [5.41, 5.74) is 3.51. The molecule has 8 nitrogen and oxygen atoms in total. The Bertz CT molecular complexity index is 1110. The minimum absolute atomic E-state index is 0.0387. The van der Waals surface area contributed by atoms with E-state index in [0.29, 0.717) is 17.8 Å². The molecule has 2 aromatic rings. The van der Waals surface area contributed by atoms with Crippen LogP contribution in [0.2, 0.25) is 0 Å². The van der Waals surface area contributed by atoms with Crippen LogP contribution < -0.4 is 20.3 Å². The van der Waals surface area contributed by atoms with Crippen LogP contribution in [-0.2, 0) is 14.8 Å². The highest BCUT2D eigenvalue weighted by Crippen LogP contribution is 2.30. The summed E-state index contributed by atoms with van der Waals surface area (Å²) in [4.78, 5) is 15.1. The van der Waals surface area contributed by atoms with Gasteiger partial charge >= 0.3 is 0 Å².